The Bertz CT molecular complexity index is 307. The smallest absolute Gasteiger partial charge is 0.122 e. The lowest BCUT2D eigenvalue weighted by molar-refractivity contribution is 0.336. The van der Waals surface area contributed by atoms with E-state index in [2.05, 4.69) is 23.5 Å². The lowest BCUT2D eigenvalue weighted by Crippen LogP contribution is -2.19. The van der Waals surface area contributed by atoms with Crippen molar-refractivity contribution in [1.29, 1.82) is 0 Å². The van der Waals surface area contributed by atoms with Gasteiger partial charge in [-0.25, -0.2) is 0 Å². The number of hydrogen-bond acceptors (Lipinski definition) is 2. The van der Waals surface area contributed by atoms with Crippen molar-refractivity contribution in [2.75, 3.05) is 13.2 Å². The zero-order valence-corrected chi connectivity index (χ0v) is 9.33. The molecule has 0 aromatic heterocycles. The highest BCUT2D eigenvalue weighted by atomic mass is 16.5. The third-order valence-corrected chi connectivity index (χ3v) is 2.68. The molecule has 2 heteroatoms. The van der Waals surface area contributed by atoms with Gasteiger partial charge in [-0.05, 0) is 44.4 Å². The molecule has 0 atom stereocenters. The summed E-state index contributed by atoms with van der Waals surface area (Å²) in [4.78, 5) is 0. The van der Waals surface area contributed by atoms with Crippen LogP contribution in [0.5, 0.6) is 5.75 Å². The third-order valence-electron chi connectivity index (χ3n) is 2.68. The molecule has 0 amide bonds. The van der Waals surface area contributed by atoms with E-state index in [9.17, 15) is 0 Å². The van der Waals surface area contributed by atoms with Gasteiger partial charge in [-0.3, -0.25) is 0 Å². The minimum absolute atomic E-state index is 0.743. The molecule has 2 nitrogen and oxygen atoms in total. The summed E-state index contributed by atoms with van der Waals surface area (Å²) < 4.78 is 5.58. The van der Waals surface area contributed by atoms with Crippen molar-refractivity contribution in [3.63, 3.8) is 0 Å². The van der Waals surface area contributed by atoms with Crippen LogP contribution in [0.3, 0.4) is 0 Å². The average molecular weight is 205 g/mol. The van der Waals surface area contributed by atoms with E-state index < -0.39 is 0 Å². The molecule has 82 valence electrons. The zero-order valence-electron chi connectivity index (χ0n) is 9.33. The maximum Gasteiger partial charge on any atom is 0.122 e. The van der Waals surface area contributed by atoms with Crippen molar-refractivity contribution in [3.05, 3.63) is 29.8 Å². The molecule has 15 heavy (non-hydrogen) atoms. The average Bonchev–Trinajstić information content (AvgIpc) is 3.05. The predicted octanol–water partition coefficient (Wildman–Crippen LogP) is 2.38. The summed E-state index contributed by atoms with van der Waals surface area (Å²) in [6.45, 7) is 3.83. The minimum atomic E-state index is 0.743. The molecule has 1 aliphatic carbocycles. The maximum atomic E-state index is 5.58. The Morgan fingerprint density at radius 1 is 1.33 bits per heavy atom. The van der Waals surface area contributed by atoms with E-state index in [1.54, 1.807) is 0 Å². The second-order valence-corrected chi connectivity index (χ2v) is 4.02. The molecular weight excluding hydrogens is 186 g/mol. The van der Waals surface area contributed by atoms with Crippen LogP contribution in [0.2, 0.25) is 0 Å². The second kappa shape index (κ2) is 5.17. The Hall–Kier alpha value is -1.02. The van der Waals surface area contributed by atoms with Crippen molar-refractivity contribution >= 4 is 0 Å². The van der Waals surface area contributed by atoms with Crippen LogP contribution in [0.1, 0.15) is 25.3 Å². The van der Waals surface area contributed by atoms with Crippen molar-refractivity contribution in [2.45, 2.75) is 32.2 Å². The molecule has 0 saturated heterocycles. The largest absolute Gasteiger partial charge is 0.494 e. The molecule has 0 bridgehead atoms. The summed E-state index contributed by atoms with van der Waals surface area (Å²) in [6, 6.07) is 9.11. The minimum Gasteiger partial charge on any atom is -0.494 e. The molecule has 0 heterocycles. The summed E-state index contributed by atoms with van der Waals surface area (Å²) in [5.74, 6) is 1.04. The quantitative estimate of drug-likeness (QED) is 0.770. The van der Waals surface area contributed by atoms with E-state index in [4.69, 9.17) is 4.74 Å². The van der Waals surface area contributed by atoms with Crippen LogP contribution in [0.25, 0.3) is 0 Å². The van der Waals surface area contributed by atoms with Crippen LogP contribution in [-0.2, 0) is 6.42 Å². The number of hydrogen-bond donors (Lipinski definition) is 1. The molecule has 1 aliphatic rings. The van der Waals surface area contributed by atoms with Gasteiger partial charge in [0.15, 0.2) is 0 Å². The summed E-state index contributed by atoms with van der Waals surface area (Å²) in [5, 5.41) is 3.52. The van der Waals surface area contributed by atoms with Crippen LogP contribution in [0, 0.1) is 0 Å². The third kappa shape index (κ3) is 3.24. The fourth-order valence-corrected chi connectivity index (χ4v) is 1.71. The second-order valence-electron chi connectivity index (χ2n) is 4.02. The Balaban J connectivity index is 1.86. The van der Waals surface area contributed by atoms with E-state index >= 15 is 0 Å². The van der Waals surface area contributed by atoms with Crippen molar-refractivity contribution < 1.29 is 4.74 Å². The highest BCUT2D eigenvalue weighted by Crippen LogP contribution is 2.20. The first-order valence-electron chi connectivity index (χ1n) is 5.84. The highest BCUT2D eigenvalue weighted by Gasteiger charge is 2.19. The number of rotatable bonds is 6. The summed E-state index contributed by atoms with van der Waals surface area (Å²) in [6.07, 6.45) is 3.77. The van der Waals surface area contributed by atoms with Gasteiger partial charge in [0.1, 0.15) is 5.75 Å². The summed E-state index contributed by atoms with van der Waals surface area (Å²) >= 11 is 0. The van der Waals surface area contributed by atoms with Gasteiger partial charge in [0.2, 0.25) is 0 Å². The first-order valence-corrected chi connectivity index (χ1v) is 5.84. The zero-order chi connectivity index (χ0) is 10.5. The van der Waals surface area contributed by atoms with Crippen LogP contribution in [0.4, 0.5) is 0 Å². The molecule has 0 unspecified atom stereocenters. The van der Waals surface area contributed by atoms with E-state index in [1.165, 1.54) is 18.4 Å². The van der Waals surface area contributed by atoms with Crippen molar-refractivity contribution in [2.24, 2.45) is 0 Å². The van der Waals surface area contributed by atoms with E-state index in [0.717, 1.165) is 31.4 Å². The summed E-state index contributed by atoms with van der Waals surface area (Å²) in [7, 11) is 0. The predicted molar refractivity (Wildman–Crippen MR) is 62.3 cm³/mol. The molecule has 2 rings (SSSR count). The van der Waals surface area contributed by atoms with Gasteiger partial charge in [0.25, 0.3) is 0 Å². The molecule has 1 N–H and O–H groups in total. The Morgan fingerprint density at radius 3 is 2.87 bits per heavy atom. The molecule has 0 spiro atoms. The van der Waals surface area contributed by atoms with Crippen molar-refractivity contribution in [1.82, 2.24) is 5.32 Å². The van der Waals surface area contributed by atoms with E-state index in [1.807, 2.05) is 13.0 Å². The number of nitrogens with one attached hydrogen (secondary N) is 1. The first kappa shape index (κ1) is 10.5. The van der Waals surface area contributed by atoms with Gasteiger partial charge in [-0.2, -0.15) is 0 Å². The molecule has 0 aliphatic heterocycles. The molecular formula is C13H19NO. The molecule has 0 radical (unpaired) electrons. The topological polar surface area (TPSA) is 21.3 Å². The maximum absolute atomic E-state index is 5.58. The monoisotopic (exact) mass is 205 g/mol. The molecule has 1 saturated carbocycles. The molecule has 1 aromatic carbocycles. The van der Waals surface area contributed by atoms with E-state index in [0.29, 0.717) is 0 Å². The highest BCUT2D eigenvalue weighted by molar-refractivity contribution is 5.33. The van der Waals surface area contributed by atoms with E-state index in [-0.39, 0.29) is 0 Å². The Morgan fingerprint density at radius 2 is 2.13 bits per heavy atom. The van der Waals surface area contributed by atoms with Gasteiger partial charge in [-0.1, -0.05) is 18.2 Å². The first-order chi connectivity index (χ1) is 7.40. The van der Waals surface area contributed by atoms with Gasteiger partial charge in [-0.15, -0.1) is 0 Å². The fraction of sp³-hybridized carbons (Fsp3) is 0.538. The lowest BCUT2D eigenvalue weighted by atomic mass is 10.1. The summed E-state index contributed by atoms with van der Waals surface area (Å²) in [5.41, 5.74) is 1.31. The number of benzene rings is 1. The number of para-hydroxylation sites is 1. The Labute approximate surface area is 91.6 Å². The lowest BCUT2D eigenvalue weighted by Gasteiger charge is -2.10. The van der Waals surface area contributed by atoms with Crippen LogP contribution in [0.15, 0.2) is 24.3 Å². The number of ether oxygens (including phenoxy) is 1. The van der Waals surface area contributed by atoms with Gasteiger partial charge in [0, 0.05) is 6.04 Å². The van der Waals surface area contributed by atoms with Crippen molar-refractivity contribution in [3.8, 4) is 5.75 Å². The van der Waals surface area contributed by atoms with Gasteiger partial charge < -0.3 is 10.1 Å². The fourth-order valence-electron chi connectivity index (χ4n) is 1.71. The van der Waals surface area contributed by atoms with Gasteiger partial charge >= 0.3 is 0 Å². The normalized spacial score (nSPS) is 15.3. The van der Waals surface area contributed by atoms with Crippen LogP contribution in [-0.4, -0.2) is 19.2 Å². The van der Waals surface area contributed by atoms with Crippen LogP contribution < -0.4 is 10.1 Å². The molecule has 1 fully saturated rings. The SMILES string of the molecule is CCOc1ccccc1CCNC1CC1. The molecule has 1 aromatic rings. The van der Waals surface area contributed by atoms with Gasteiger partial charge in [0.05, 0.1) is 6.61 Å². The standard InChI is InChI=1S/C13H19NO/c1-2-15-13-6-4-3-5-11(13)9-10-14-12-7-8-12/h3-6,12,14H,2,7-10H2,1H3. The Kier molecular flexibility index (Phi) is 3.62. The van der Waals surface area contributed by atoms with Crippen LogP contribution >= 0.6 is 0 Å².